The van der Waals surface area contributed by atoms with E-state index in [1.54, 1.807) is 24.3 Å². The summed E-state index contributed by atoms with van der Waals surface area (Å²) in [6.45, 7) is 5.10. The molecule has 2 unspecified atom stereocenters. The average molecular weight is 291 g/mol. The van der Waals surface area contributed by atoms with Crippen molar-refractivity contribution in [1.29, 1.82) is 0 Å². The van der Waals surface area contributed by atoms with Gasteiger partial charge in [0.1, 0.15) is 0 Å². The van der Waals surface area contributed by atoms with E-state index in [1.165, 1.54) is 0 Å². The summed E-state index contributed by atoms with van der Waals surface area (Å²) >= 11 is 0. The molecule has 1 aliphatic rings. The molecule has 0 saturated carbocycles. The first-order valence-electron chi connectivity index (χ1n) is 7.23. The number of morpholine rings is 1. The second-order valence-corrected chi connectivity index (χ2v) is 5.37. The highest BCUT2D eigenvalue weighted by Gasteiger charge is 2.28. The first kappa shape index (κ1) is 15.5. The summed E-state index contributed by atoms with van der Waals surface area (Å²) in [5.41, 5.74) is 0.973. The van der Waals surface area contributed by atoms with Gasteiger partial charge in [0.15, 0.2) is 0 Å². The van der Waals surface area contributed by atoms with Crippen molar-refractivity contribution < 1.29 is 19.4 Å². The minimum absolute atomic E-state index is 0.0361. The molecule has 0 aromatic heterocycles. The van der Waals surface area contributed by atoms with Crippen molar-refractivity contribution in [1.82, 2.24) is 4.90 Å². The summed E-state index contributed by atoms with van der Waals surface area (Å²) in [4.78, 5) is 25.3. The maximum Gasteiger partial charge on any atom is 0.335 e. The van der Waals surface area contributed by atoms with Crippen LogP contribution >= 0.6 is 0 Å². The van der Waals surface area contributed by atoms with Gasteiger partial charge in [0.05, 0.1) is 24.3 Å². The van der Waals surface area contributed by atoms with Crippen LogP contribution in [-0.2, 0) is 16.0 Å². The number of aromatic carboxylic acids is 1. The number of hydrogen-bond acceptors (Lipinski definition) is 3. The Kier molecular flexibility index (Phi) is 4.96. The largest absolute Gasteiger partial charge is 0.478 e. The molecule has 0 radical (unpaired) electrons. The zero-order valence-electron chi connectivity index (χ0n) is 12.4. The second kappa shape index (κ2) is 6.72. The Bertz CT molecular complexity index is 529. The number of carboxylic acids is 1. The van der Waals surface area contributed by atoms with Crippen molar-refractivity contribution in [3.05, 3.63) is 35.4 Å². The van der Waals surface area contributed by atoms with Gasteiger partial charge in [0.25, 0.3) is 0 Å². The van der Waals surface area contributed by atoms with Crippen LogP contribution in [0.5, 0.6) is 0 Å². The third-order valence-electron chi connectivity index (χ3n) is 4.06. The van der Waals surface area contributed by atoms with Gasteiger partial charge in [0.2, 0.25) is 5.91 Å². The lowest BCUT2D eigenvalue weighted by Gasteiger charge is -2.38. The first-order valence-corrected chi connectivity index (χ1v) is 7.23. The molecule has 1 fully saturated rings. The van der Waals surface area contributed by atoms with Gasteiger partial charge in [-0.25, -0.2) is 4.79 Å². The Morgan fingerprint density at radius 3 is 2.76 bits per heavy atom. The molecule has 5 heteroatoms. The molecule has 1 N–H and O–H groups in total. The molecular weight excluding hydrogens is 270 g/mol. The summed E-state index contributed by atoms with van der Waals surface area (Å²) in [7, 11) is 0. The zero-order valence-corrected chi connectivity index (χ0v) is 12.4. The van der Waals surface area contributed by atoms with Crippen LogP contribution in [0, 0.1) is 0 Å². The number of nitrogens with zero attached hydrogens (tertiary/aromatic N) is 1. The van der Waals surface area contributed by atoms with Gasteiger partial charge < -0.3 is 14.7 Å². The molecule has 0 bridgehead atoms. The third kappa shape index (κ3) is 3.61. The number of rotatable bonds is 4. The SMILES string of the molecule is CC1OCCN(C(=O)CCc2ccccc2C(=O)O)C1C. The zero-order chi connectivity index (χ0) is 15.4. The molecule has 0 spiro atoms. The molecule has 1 amide bonds. The Labute approximate surface area is 124 Å². The number of benzene rings is 1. The van der Waals surface area contributed by atoms with Gasteiger partial charge in [-0.15, -0.1) is 0 Å². The lowest BCUT2D eigenvalue weighted by Crippen LogP contribution is -2.51. The molecule has 2 atom stereocenters. The highest BCUT2D eigenvalue weighted by Crippen LogP contribution is 2.17. The van der Waals surface area contributed by atoms with Gasteiger partial charge >= 0.3 is 5.97 Å². The number of carbonyl (C=O) groups is 2. The maximum atomic E-state index is 12.3. The van der Waals surface area contributed by atoms with Gasteiger partial charge in [0, 0.05) is 13.0 Å². The van der Waals surface area contributed by atoms with Crippen LogP contribution in [0.15, 0.2) is 24.3 Å². The summed E-state index contributed by atoms with van der Waals surface area (Å²) in [6.07, 6.45) is 0.801. The van der Waals surface area contributed by atoms with Crippen LogP contribution in [0.2, 0.25) is 0 Å². The number of ether oxygens (including phenoxy) is 1. The predicted octanol–water partition coefficient (Wildman–Crippen LogP) is 1.95. The van der Waals surface area contributed by atoms with Crippen molar-refractivity contribution in [2.24, 2.45) is 0 Å². The van der Waals surface area contributed by atoms with E-state index >= 15 is 0 Å². The van der Waals surface area contributed by atoms with E-state index in [0.717, 1.165) is 0 Å². The summed E-state index contributed by atoms with van der Waals surface area (Å²) < 4.78 is 5.51. The van der Waals surface area contributed by atoms with E-state index in [4.69, 9.17) is 9.84 Å². The average Bonchev–Trinajstić information content (AvgIpc) is 2.47. The number of hydrogen-bond donors (Lipinski definition) is 1. The van der Waals surface area contributed by atoms with Crippen LogP contribution in [0.25, 0.3) is 0 Å². The van der Waals surface area contributed by atoms with Gasteiger partial charge in [-0.2, -0.15) is 0 Å². The predicted molar refractivity (Wildman–Crippen MR) is 78.3 cm³/mol. The van der Waals surface area contributed by atoms with E-state index < -0.39 is 5.97 Å². The van der Waals surface area contributed by atoms with Gasteiger partial charge in [-0.05, 0) is 31.9 Å². The van der Waals surface area contributed by atoms with E-state index in [2.05, 4.69) is 0 Å². The number of carboxylic acid groups (broad SMARTS) is 1. The lowest BCUT2D eigenvalue weighted by molar-refractivity contribution is -0.143. The van der Waals surface area contributed by atoms with Crippen molar-refractivity contribution in [3.63, 3.8) is 0 Å². The summed E-state index contributed by atoms with van der Waals surface area (Å²) in [6, 6.07) is 6.89. The van der Waals surface area contributed by atoms with E-state index in [0.29, 0.717) is 31.6 Å². The molecule has 1 aromatic carbocycles. The summed E-state index contributed by atoms with van der Waals surface area (Å²) in [5.74, 6) is -0.899. The molecule has 21 heavy (non-hydrogen) atoms. The van der Waals surface area contributed by atoms with Crippen LogP contribution in [0.1, 0.15) is 36.2 Å². The normalized spacial score (nSPS) is 22.1. The van der Waals surface area contributed by atoms with Gasteiger partial charge in [-0.1, -0.05) is 18.2 Å². The smallest absolute Gasteiger partial charge is 0.335 e. The summed E-state index contributed by atoms with van der Waals surface area (Å²) in [5, 5.41) is 9.14. The Balaban J connectivity index is 2.00. The molecule has 1 heterocycles. The van der Waals surface area contributed by atoms with Crippen molar-refractivity contribution >= 4 is 11.9 Å². The molecule has 2 rings (SSSR count). The fraction of sp³-hybridized carbons (Fsp3) is 0.500. The lowest BCUT2D eigenvalue weighted by atomic mass is 10.0. The number of carbonyl (C=O) groups excluding carboxylic acids is 1. The molecule has 0 aliphatic carbocycles. The minimum atomic E-state index is -0.952. The Morgan fingerprint density at radius 2 is 2.05 bits per heavy atom. The van der Waals surface area contributed by atoms with Crippen LogP contribution in [-0.4, -0.2) is 47.2 Å². The molecule has 1 aromatic rings. The third-order valence-corrected chi connectivity index (χ3v) is 4.06. The molecule has 114 valence electrons. The van der Waals surface area contributed by atoms with Crippen molar-refractivity contribution in [3.8, 4) is 0 Å². The van der Waals surface area contributed by atoms with Crippen molar-refractivity contribution in [2.45, 2.75) is 38.8 Å². The van der Waals surface area contributed by atoms with Crippen LogP contribution in [0.3, 0.4) is 0 Å². The number of amides is 1. The van der Waals surface area contributed by atoms with E-state index in [9.17, 15) is 9.59 Å². The maximum absolute atomic E-state index is 12.3. The highest BCUT2D eigenvalue weighted by molar-refractivity contribution is 5.89. The topological polar surface area (TPSA) is 66.8 Å². The molecule has 1 saturated heterocycles. The molecular formula is C16H21NO4. The first-order chi connectivity index (χ1) is 10.0. The van der Waals surface area contributed by atoms with E-state index in [1.807, 2.05) is 18.7 Å². The minimum Gasteiger partial charge on any atom is -0.478 e. The van der Waals surface area contributed by atoms with Crippen LogP contribution in [0.4, 0.5) is 0 Å². The molecule has 1 aliphatic heterocycles. The standard InChI is InChI=1S/C16H21NO4/c1-11-12(2)21-10-9-17(11)15(18)8-7-13-5-3-4-6-14(13)16(19)20/h3-6,11-12H,7-10H2,1-2H3,(H,19,20). The van der Waals surface area contributed by atoms with Gasteiger partial charge in [-0.3, -0.25) is 4.79 Å². The fourth-order valence-electron chi connectivity index (χ4n) is 2.62. The Hall–Kier alpha value is -1.88. The molecule has 5 nitrogen and oxygen atoms in total. The second-order valence-electron chi connectivity index (χ2n) is 5.37. The van der Waals surface area contributed by atoms with Crippen LogP contribution < -0.4 is 0 Å². The Morgan fingerprint density at radius 1 is 1.33 bits per heavy atom. The van der Waals surface area contributed by atoms with Crippen molar-refractivity contribution in [2.75, 3.05) is 13.2 Å². The quantitative estimate of drug-likeness (QED) is 0.920. The van der Waals surface area contributed by atoms with E-state index in [-0.39, 0.29) is 23.6 Å². The highest BCUT2D eigenvalue weighted by atomic mass is 16.5. The number of aryl methyl sites for hydroxylation is 1. The fourth-order valence-corrected chi connectivity index (χ4v) is 2.62. The monoisotopic (exact) mass is 291 g/mol.